The standard InChI is InChI=1S/C18H31N3O3.2ClH/c1-5-23-16-8-6-14(7-9-16)12-15(13-20-11-10-19)21-17(22)24-18(2,3)4;;/h6-9,15,20H,5,10-13,19H2,1-4H3,(H,21,22);2*1H/t15-;;/m0../s1. The average Bonchev–Trinajstić information content (AvgIpc) is 2.47. The Morgan fingerprint density at radius 3 is 2.31 bits per heavy atom. The van der Waals surface area contributed by atoms with Gasteiger partial charge in [0.2, 0.25) is 0 Å². The summed E-state index contributed by atoms with van der Waals surface area (Å²) in [5, 5.41) is 6.16. The molecule has 8 heteroatoms. The summed E-state index contributed by atoms with van der Waals surface area (Å²) in [6.07, 6.45) is 0.288. The molecule has 26 heavy (non-hydrogen) atoms. The maximum Gasteiger partial charge on any atom is 0.407 e. The highest BCUT2D eigenvalue weighted by molar-refractivity contribution is 5.85. The van der Waals surface area contributed by atoms with Crippen LogP contribution in [-0.2, 0) is 11.2 Å². The van der Waals surface area contributed by atoms with Gasteiger partial charge >= 0.3 is 6.09 Å². The maximum atomic E-state index is 12.0. The molecule has 0 radical (unpaired) electrons. The fourth-order valence-electron chi connectivity index (χ4n) is 2.20. The van der Waals surface area contributed by atoms with E-state index in [1.165, 1.54) is 0 Å². The van der Waals surface area contributed by atoms with Gasteiger partial charge in [0.15, 0.2) is 0 Å². The molecule has 1 amide bonds. The van der Waals surface area contributed by atoms with Gasteiger partial charge in [-0.2, -0.15) is 0 Å². The lowest BCUT2D eigenvalue weighted by Gasteiger charge is -2.24. The molecule has 4 N–H and O–H groups in total. The Morgan fingerprint density at radius 2 is 1.81 bits per heavy atom. The molecule has 1 rings (SSSR count). The summed E-state index contributed by atoms with van der Waals surface area (Å²) in [5.41, 5.74) is 6.11. The quantitative estimate of drug-likeness (QED) is 0.545. The predicted octanol–water partition coefficient (Wildman–Crippen LogP) is 2.91. The first kappa shape index (κ1) is 27.0. The van der Waals surface area contributed by atoms with E-state index in [9.17, 15) is 4.79 Å². The molecule has 0 spiro atoms. The molecule has 0 heterocycles. The second-order valence-electron chi connectivity index (χ2n) is 6.62. The van der Waals surface area contributed by atoms with Gasteiger partial charge in [-0.15, -0.1) is 24.8 Å². The number of amides is 1. The Hall–Kier alpha value is -1.21. The zero-order valence-electron chi connectivity index (χ0n) is 16.0. The van der Waals surface area contributed by atoms with Crippen molar-refractivity contribution in [3.05, 3.63) is 29.8 Å². The number of carbonyl (C=O) groups excluding carboxylic acids is 1. The minimum atomic E-state index is -0.515. The van der Waals surface area contributed by atoms with Gasteiger partial charge in [-0.3, -0.25) is 0 Å². The van der Waals surface area contributed by atoms with Crippen LogP contribution in [-0.4, -0.2) is 44.0 Å². The number of alkyl carbamates (subject to hydrolysis) is 1. The first-order valence-corrected chi connectivity index (χ1v) is 8.46. The van der Waals surface area contributed by atoms with E-state index < -0.39 is 11.7 Å². The smallest absolute Gasteiger partial charge is 0.407 e. The van der Waals surface area contributed by atoms with Crippen LogP contribution < -0.4 is 21.1 Å². The Labute approximate surface area is 169 Å². The average molecular weight is 410 g/mol. The predicted molar refractivity (Wildman–Crippen MR) is 111 cm³/mol. The van der Waals surface area contributed by atoms with E-state index in [4.69, 9.17) is 15.2 Å². The molecule has 1 atom stereocenters. The molecule has 0 fully saturated rings. The highest BCUT2D eigenvalue weighted by atomic mass is 35.5. The van der Waals surface area contributed by atoms with Crippen LogP contribution in [0.4, 0.5) is 4.79 Å². The molecule has 0 saturated carbocycles. The number of hydrogen-bond acceptors (Lipinski definition) is 5. The molecule has 0 aromatic heterocycles. The SMILES string of the molecule is CCOc1ccc(C[C@@H](CNCCN)NC(=O)OC(C)(C)C)cc1.Cl.Cl. The van der Waals surface area contributed by atoms with Gasteiger partial charge in [0.05, 0.1) is 6.61 Å². The van der Waals surface area contributed by atoms with Gasteiger partial charge in [-0.1, -0.05) is 12.1 Å². The Morgan fingerprint density at radius 1 is 1.19 bits per heavy atom. The van der Waals surface area contributed by atoms with Crippen molar-refractivity contribution < 1.29 is 14.3 Å². The van der Waals surface area contributed by atoms with Crippen LogP contribution in [0.3, 0.4) is 0 Å². The van der Waals surface area contributed by atoms with E-state index in [0.717, 1.165) is 11.3 Å². The summed E-state index contributed by atoms with van der Waals surface area (Å²) in [5.74, 6) is 0.846. The Kier molecular flexibility index (Phi) is 14.5. The maximum absolute atomic E-state index is 12.0. The number of rotatable bonds is 9. The van der Waals surface area contributed by atoms with Gasteiger partial charge in [0, 0.05) is 25.7 Å². The van der Waals surface area contributed by atoms with E-state index in [0.29, 0.717) is 32.7 Å². The van der Waals surface area contributed by atoms with E-state index in [1.54, 1.807) is 0 Å². The Bertz CT molecular complexity index is 493. The number of benzene rings is 1. The van der Waals surface area contributed by atoms with E-state index in [2.05, 4.69) is 10.6 Å². The molecule has 0 saturated heterocycles. The van der Waals surface area contributed by atoms with Crippen LogP contribution in [0.1, 0.15) is 33.3 Å². The summed E-state index contributed by atoms with van der Waals surface area (Å²) in [7, 11) is 0. The lowest BCUT2D eigenvalue weighted by Crippen LogP contribution is -2.46. The van der Waals surface area contributed by atoms with Crippen molar-refractivity contribution in [3.8, 4) is 5.75 Å². The molecular weight excluding hydrogens is 377 g/mol. The van der Waals surface area contributed by atoms with E-state index >= 15 is 0 Å². The lowest BCUT2D eigenvalue weighted by molar-refractivity contribution is 0.0504. The van der Waals surface area contributed by atoms with Crippen LogP contribution >= 0.6 is 24.8 Å². The van der Waals surface area contributed by atoms with Crippen LogP contribution in [0, 0.1) is 0 Å². The van der Waals surface area contributed by atoms with Crippen LogP contribution in [0.2, 0.25) is 0 Å². The summed E-state index contributed by atoms with van der Waals surface area (Å²) < 4.78 is 10.8. The lowest BCUT2D eigenvalue weighted by atomic mass is 10.1. The minimum Gasteiger partial charge on any atom is -0.494 e. The molecule has 152 valence electrons. The van der Waals surface area contributed by atoms with Crippen molar-refractivity contribution in [1.82, 2.24) is 10.6 Å². The van der Waals surface area contributed by atoms with Gasteiger partial charge < -0.3 is 25.8 Å². The van der Waals surface area contributed by atoms with Crippen LogP contribution in [0.25, 0.3) is 0 Å². The van der Waals surface area contributed by atoms with Crippen molar-refractivity contribution in [2.24, 2.45) is 5.73 Å². The van der Waals surface area contributed by atoms with E-state index in [-0.39, 0.29) is 30.9 Å². The molecule has 0 unspecified atom stereocenters. The van der Waals surface area contributed by atoms with Crippen LogP contribution in [0.15, 0.2) is 24.3 Å². The first-order chi connectivity index (χ1) is 11.3. The molecule has 1 aromatic rings. The van der Waals surface area contributed by atoms with Crippen molar-refractivity contribution >= 4 is 30.9 Å². The number of nitrogens with two attached hydrogens (primary N) is 1. The molecule has 0 aliphatic heterocycles. The number of hydrogen-bond donors (Lipinski definition) is 3. The largest absolute Gasteiger partial charge is 0.494 e. The van der Waals surface area contributed by atoms with Gasteiger partial charge in [-0.25, -0.2) is 4.79 Å². The van der Waals surface area contributed by atoms with Gasteiger partial charge in [0.1, 0.15) is 11.4 Å². The van der Waals surface area contributed by atoms with E-state index in [1.807, 2.05) is 52.0 Å². The summed E-state index contributed by atoms with van der Waals surface area (Å²) in [4.78, 5) is 12.0. The summed E-state index contributed by atoms with van der Waals surface area (Å²) in [6, 6.07) is 7.83. The van der Waals surface area contributed by atoms with Gasteiger partial charge in [-0.05, 0) is 51.8 Å². The fourth-order valence-corrected chi connectivity index (χ4v) is 2.20. The number of nitrogens with one attached hydrogen (secondary N) is 2. The second-order valence-corrected chi connectivity index (χ2v) is 6.62. The molecular formula is C18H33Cl2N3O3. The van der Waals surface area contributed by atoms with Crippen LogP contribution in [0.5, 0.6) is 5.75 Å². The number of carbonyl (C=O) groups is 1. The normalized spacial score (nSPS) is 11.6. The Balaban J connectivity index is 0. The molecule has 1 aromatic carbocycles. The van der Waals surface area contributed by atoms with Gasteiger partial charge in [0.25, 0.3) is 0 Å². The highest BCUT2D eigenvalue weighted by Gasteiger charge is 2.19. The van der Waals surface area contributed by atoms with Crippen molar-refractivity contribution in [3.63, 3.8) is 0 Å². The number of ether oxygens (including phenoxy) is 2. The zero-order chi connectivity index (χ0) is 18.0. The molecule has 0 aliphatic carbocycles. The number of halogens is 2. The third-order valence-electron chi connectivity index (χ3n) is 3.15. The molecule has 0 aliphatic rings. The summed E-state index contributed by atoms with van der Waals surface area (Å²) >= 11 is 0. The topological polar surface area (TPSA) is 85.6 Å². The first-order valence-electron chi connectivity index (χ1n) is 8.46. The summed E-state index contributed by atoms with van der Waals surface area (Å²) in [6.45, 7) is 10.0. The van der Waals surface area contributed by atoms with Crippen molar-refractivity contribution in [1.29, 1.82) is 0 Å². The van der Waals surface area contributed by atoms with Crippen molar-refractivity contribution in [2.75, 3.05) is 26.2 Å². The highest BCUT2D eigenvalue weighted by Crippen LogP contribution is 2.14. The fraction of sp³-hybridized carbons (Fsp3) is 0.611. The molecule has 6 nitrogen and oxygen atoms in total. The zero-order valence-corrected chi connectivity index (χ0v) is 17.7. The second kappa shape index (κ2) is 13.9. The third-order valence-corrected chi connectivity index (χ3v) is 3.15. The van der Waals surface area contributed by atoms with Crippen molar-refractivity contribution in [2.45, 2.75) is 45.8 Å². The molecule has 0 bridgehead atoms. The third kappa shape index (κ3) is 12.2. The minimum absolute atomic E-state index is 0. The monoisotopic (exact) mass is 409 g/mol.